The van der Waals surface area contributed by atoms with Crippen molar-refractivity contribution in [2.24, 2.45) is 0 Å². The Hall–Kier alpha value is -0.900. The summed E-state index contributed by atoms with van der Waals surface area (Å²) in [7, 11) is 2.10. The van der Waals surface area contributed by atoms with Gasteiger partial charge in [-0.2, -0.15) is 0 Å². The summed E-state index contributed by atoms with van der Waals surface area (Å²) in [5, 5.41) is 9.01. The summed E-state index contributed by atoms with van der Waals surface area (Å²) in [6.07, 6.45) is 3.93. The minimum absolute atomic E-state index is 0.252. The Morgan fingerprint density at radius 3 is 2.79 bits per heavy atom. The van der Waals surface area contributed by atoms with Crippen molar-refractivity contribution in [3.05, 3.63) is 35.9 Å². The van der Waals surface area contributed by atoms with Crippen molar-refractivity contribution in [3.63, 3.8) is 0 Å². The molecule has 3 heteroatoms. The van der Waals surface area contributed by atoms with E-state index in [2.05, 4.69) is 47.2 Å². The number of rotatable bonds is 6. The second-order valence-corrected chi connectivity index (χ2v) is 5.59. The second kappa shape index (κ2) is 7.63. The van der Waals surface area contributed by atoms with Crippen molar-refractivity contribution >= 4 is 0 Å². The molecule has 2 rings (SSSR count). The average molecular weight is 262 g/mol. The maximum Gasteiger partial charge on any atom is 0.0558 e. The summed E-state index contributed by atoms with van der Waals surface area (Å²) >= 11 is 0. The maximum atomic E-state index is 9.01. The summed E-state index contributed by atoms with van der Waals surface area (Å²) in [6.45, 7) is 4.34. The molecule has 0 saturated carbocycles. The monoisotopic (exact) mass is 262 g/mol. The Bertz CT molecular complexity index is 355. The number of likely N-dealkylation sites (N-methyl/N-ethyl adjacent to an activating group) is 1. The zero-order valence-electron chi connectivity index (χ0n) is 12.0. The number of aliphatic hydroxyl groups is 1. The highest BCUT2D eigenvalue weighted by molar-refractivity contribution is 5.14. The van der Waals surface area contributed by atoms with Gasteiger partial charge in [-0.3, -0.25) is 4.90 Å². The number of aliphatic hydroxyl groups excluding tert-OH is 1. The average Bonchev–Trinajstić information content (AvgIpc) is 2.42. The summed E-state index contributed by atoms with van der Waals surface area (Å²) in [4.78, 5) is 4.85. The van der Waals surface area contributed by atoms with Crippen molar-refractivity contribution in [2.45, 2.75) is 31.8 Å². The second-order valence-electron chi connectivity index (χ2n) is 5.59. The van der Waals surface area contributed by atoms with Crippen LogP contribution in [-0.4, -0.2) is 54.2 Å². The molecule has 1 heterocycles. The van der Waals surface area contributed by atoms with Gasteiger partial charge in [0.2, 0.25) is 0 Å². The maximum absolute atomic E-state index is 9.01. The van der Waals surface area contributed by atoms with Crippen LogP contribution in [0.25, 0.3) is 0 Å². The standard InChI is InChI=1S/C16H26N2O/c1-17(11-12-19)14-16-9-5-6-10-18(16)13-15-7-3-2-4-8-15/h2-4,7-8,16,19H,5-6,9-14H2,1H3/t16-/m1/s1. The highest BCUT2D eigenvalue weighted by atomic mass is 16.3. The van der Waals surface area contributed by atoms with Crippen LogP contribution in [0, 0.1) is 0 Å². The van der Waals surface area contributed by atoms with E-state index in [9.17, 15) is 0 Å². The fraction of sp³-hybridized carbons (Fsp3) is 0.625. The third-order valence-corrected chi connectivity index (χ3v) is 3.98. The predicted molar refractivity (Wildman–Crippen MR) is 79.1 cm³/mol. The molecule has 0 amide bonds. The van der Waals surface area contributed by atoms with Gasteiger partial charge in [0, 0.05) is 25.7 Å². The lowest BCUT2D eigenvalue weighted by Gasteiger charge is -2.37. The van der Waals surface area contributed by atoms with E-state index in [1.54, 1.807) is 0 Å². The molecule has 19 heavy (non-hydrogen) atoms. The van der Waals surface area contributed by atoms with E-state index in [1.165, 1.54) is 31.4 Å². The lowest BCUT2D eigenvalue weighted by atomic mass is 10.0. The Labute approximate surface area is 116 Å². The quantitative estimate of drug-likeness (QED) is 0.849. The van der Waals surface area contributed by atoms with Gasteiger partial charge in [-0.25, -0.2) is 0 Å². The topological polar surface area (TPSA) is 26.7 Å². The molecule has 0 bridgehead atoms. The zero-order chi connectivity index (χ0) is 13.5. The van der Waals surface area contributed by atoms with Crippen LogP contribution in [0.3, 0.4) is 0 Å². The van der Waals surface area contributed by atoms with E-state index in [4.69, 9.17) is 5.11 Å². The SMILES string of the molecule is CN(CCO)C[C@H]1CCCCN1Cc1ccccc1. The number of piperidine rings is 1. The zero-order valence-corrected chi connectivity index (χ0v) is 12.0. The Kier molecular flexibility index (Phi) is 5.83. The summed E-state index contributed by atoms with van der Waals surface area (Å²) in [5.41, 5.74) is 1.40. The molecule has 1 aliphatic rings. The van der Waals surface area contributed by atoms with Crippen molar-refractivity contribution in [1.82, 2.24) is 9.80 Å². The summed E-state index contributed by atoms with van der Waals surface area (Å²) in [5.74, 6) is 0. The van der Waals surface area contributed by atoms with Gasteiger partial charge in [-0.05, 0) is 32.0 Å². The third kappa shape index (κ3) is 4.60. The first-order valence-electron chi connectivity index (χ1n) is 7.37. The predicted octanol–water partition coefficient (Wildman–Crippen LogP) is 1.97. The normalized spacial score (nSPS) is 20.9. The first-order chi connectivity index (χ1) is 9.29. The molecule has 0 unspecified atom stereocenters. The van der Waals surface area contributed by atoms with E-state index < -0.39 is 0 Å². The van der Waals surface area contributed by atoms with Crippen LogP contribution in [0.4, 0.5) is 0 Å². The molecule has 1 N–H and O–H groups in total. The molecule has 1 aliphatic heterocycles. The molecule has 1 atom stereocenters. The minimum Gasteiger partial charge on any atom is -0.395 e. The van der Waals surface area contributed by atoms with E-state index in [-0.39, 0.29) is 6.61 Å². The van der Waals surface area contributed by atoms with Gasteiger partial charge in [-0.1, -0.05) is 36.8 Å². The molecule has 0 aliphatic carbocycles. The van der Waals surface area contributed by atoms with E-state index in [1.807, 2.05) is 0 Å². The molecule has 0 spiro atoms. The summed E-state index contributed by atoms with van der Waals surface area (Å²) in [6, 6.07) is 11.4. The number of likely N-dealkylation sites (tertiary alicyclic amines) is 1. The van der Waals surface area contributed by atoms with Gasteiger partial charge in [0.25, 0.3) is 0 Å². The van der Waals surface area contributed by atoms with E-state index in [0.29, 0.717) is 6.04 Å². The molecule has 0 aromatic heterocycles. The Morgan fingerprint density at radius 2 is 2.05 bits per heavy atom. The number of benzene rings is 1. The molecule has 1 aromatic rings. The fourth-order valence-electron chi connectivity index (χ4n) is 2.91. The molecule has 1 aromatic carbocycles. The smallest absolute Gasteiger partial charge is 0.0558 e. The highest BCUT2D eigenvalue weighted by Crippen LogP contribution is 2.20. The molecular formula is C16H26N2O. The number of hydrogen-bond donors (Lipinski definition) is 1. The summed E-state index contributed by atoms with van der Waals surface area (Å²) < 4.78 is 0. The van der Waals surface area contributed by atoms with Gasteiger partial charge < -0.3 is 10.0 Å². The Balaban J connectivity index is 1.92. The van der Waals surface area contributed by atoms with Crippen LogP contribution < -0.4 is 0 Å². The molecular weight excluding hydrogens is 236 g/mol. The van der Waals surface area contributed by atoms with Gasteiger partial charge in [-0.15, -0.1) is 0 Å². The van der Waals surface area contributed by atoms with Gasteiger partial charge in [0.1, 0.15) is 0 Å². The molecule has 1 fully saturated rings. The third-order valence-electron chi connectivity index (χ3n) is 3.98. The minimum atomic E-state index is 0.252. The molecule has 0 radical (unpaired) electrons. The van der Waals surface area contributed by atoms with Gasteiger partial charge in [0.15, 0.2) is 0 Å². The van der Waals surface area contributed by atoms with E-state index in [0.717, 1.165) is 19.6 Å². The van der Waals surface area contributed by atoms with Crippen LogP contribution >= 0.6 is 0 Å². The largest absolute Gasteiger partial charge is 0.395 e. The van der Waals surface area contributed by atoms with Crippen LogP contribution in [0.15, 0.2) is 30.3 Å². The fourth-order valence-corrected chi connectivity index (χ4v) is 2.91. The van der Waals surface area contributed by atoms with Crippen molar-refractivity contribution in [1.29, 1.82) is 0 Å². The lowest BCUT2D eigenvalue weighted by molar-refractivity contribution is 0.0996. The van der Waals surface area contributed by atoms with E-state index >= 15 is 0 Å². The van der Waals surface area contributed by atoms with Crippen LogP contribution in [0.5, 0.6) is 0 Å². The molecule has 1 saturated heterocycles. The van der Waals surface area contributed by atoms with Crippen molar-refractivity contribution in [3.8, 4) is 0 Å². The van der Waals surface area contributed by atoms with Gasteiger partial charge in [0.05, 0.1) is 6.61 Å². The Morgan fingerprint density at radius 1 is 1.26 bits per heavy atom. The first kappa shape index (κ1) is 14.5. The van der Waals surface area contributed by atoms with Crippen molar-refractivity contribution < 1.29 is 5.11 Å². The number of hydrogen-bond acceptors (Lipinski definition) is 3. The molecule has 106 valence electrons. The van der Waals surface area contributed by atoms with Crippen LogP contribution in [-0.2, 0) is 6.54 Å². The lowest BCUT2D eigenvalue weighted by Crippen LogP contribution is -2.45. The van der Waals surface area contributed by atoms with Crippen LogP contribution in [0.1, 0.15) is 24.8 Å². The van der Waals surface area contributed by atoms with Crippen molar-refractivity contribution in [2.75, 3.05) is 33.3 Å². The van der Waals surface area contributed by atoms with Gasteiger partial charge >= 0.3 is 0 Å². The number of nitrogens with zero attached hydrogens (tertiary/aromatic N) is 2. The van der Waals surface area contributed by atoms with Crippen LogP contribution in [0.2, 0.25) is 0 Å². The first-order valence-corrected chi connectivity index (χ1v) is 7.37. The highest BCUT2D eigenvalue weighted by Gasteiger charge is 2.23. The molecule has 3 nitrogen and oxygen atoms in total.